The van der Waals surface area contributed by atoms with Gasteiger partial charge in [0.25, 0.3) is 0 Å². The summed E-state index contributed by atoms with van der Waals surface area (Å²) in [5.74, 6) is 0.703. The van der Waals surface area contributed by atoms with Crippen LogP contribution in [0.4, 0.5) is 5.69 Å². The van der Waals surface area contributed by atoms with Crippen molar-refractivity contribution < 1.29 is 4.79 Å². The first kappa shape index (κ1) is 24.2. The molecule has 2 rings (SSSR count). The first-order chi connectivity index (χ1) is 13.0. The van der Waals surface area contributed by atoms with E-state index in [0.717, 1.165) is 34.3 Å². The van der Waals surface area contributed by atoms with Crippen LogP contribution in [0.3, 0.4) is 0 Å². The number of nitrogens with zero attached hydrogens (tertiary/aromatic N) is 1. The normalized spacial score (nSPS) is 11.0. The zero-order valence-corrected chi connectivity index (χ0v) is 19.5. The minimum atomic E-state index is -0.0406. The van der Waals surface area contributed by atoms with E-state index in [1.165, 1.54) is 0 Å². The van der Waals surface area contributed by atoms with Gasteiger partial charge in [-0.2, -0.15) is 0 Å². The average Bonchev–Trinajstić information content (AvgIpc) is 2.66. The zero-order valence-electron chi connectivity index (χ0n) is 16.5. The van der Waals surface area contributed by atoms with E-state index in [-0.39, 0.29) is 35.8 Å². The monoisotopic (exact) mass is 514 g/mol. The van der Waals surface area contributed by atoms with Crippen molar-refractivity contribution in [3.8, 4) is 0 Å². The Balaban J connectivity index is 0.00000392. The maximum absolute atomic E-state index is 11.7. The molecule has 5 nitrogen and oxygen atoms in total. The lowest BCUT2D eigenvalue weighted by atomic mass is 10.2. The second kappa shape index (κ2) is 12.6. The highest BCUT2D eigenvalue weighted by molar-refractivity contribution is 14.0. The number of aliphatic imine (C=N–C) groups is 1. The van der Waals surface area contributed by atoms with Crippen LogP contribution >= 0.6 is 35.6 Å². The molecule has 0 unspecified atom stereocenters. The molecule has 0 fully saturated rings. The van der Waals surface area contributed by atoms with Crippen molar-refractivity contribution in [3.05, 3.63) is 64.7 Å². The first-order valence-corrected chi connectivity index (χ1v) is 9.52. The smallest absolute Gasteiger partial charge is 0.226 e. The number of hydrogen-bond acceptors (Lipinski definition) is 2. The van der Waals surface area contributed by atoms with Crippen molar-refractivity contribution in [2.45, 2.75) is 33.9 Å². The molecule has 0 radical (unpaired) electrons. The molecule has 2 aromatic carbocycles. The van der Waals surface area contributed by atoms with Crippen LogP contribution in [0.2, 0.25) is 5.02 Å². The Morgan fingerprint density at radius 3 is 2.36 bits per heavy atom. The van der Waals surface area contributed by atoms with Crippen LogP contribution in [0.25, 0.3) is 0 Å². The number of carbonyl (C=O) groups excluding carboxylic acids is 1. The number of anilines is 1. The van der Waals surface area contributed by atoms with Gasteiger partial charge in [-0.3, -0.25) is 4.79 Å². The highest BCUT2D eigenvalue weighted by atomic mass is 127. The maximum Gasteiger partial charge on any atom is 0.226 e. The summed E-state index contributed by atoms with van der Waals surface area (Å²) in [6.45, 7) is 7.68. The molecule has 0 saturated heterocycles. The molecule has 3 N–H and O–H groups in total. The highest BCUT2D eigenvalue weighted by Gasteiger charge is 2.07. The molecule has 2 aromatic rings. The molecule has 0 spiro atoms. The predicted octanol–water partition coefficient (Wildman–Crippen LogP) is 4.81. The van der Waals surface area contributed by atoms with Crippen LogP contribution in [0.1, 0.15) is 31.9 Å². The van der Waals surface area contributed by atoms with Gasteiger partial charge in [-0.1, -0.05) is 55.8 Å². The number of benzene rings is 2. The van der Waals surface area contributed by atoms with Crippen molar-refractivity contribution in [1.82, 2.24) is 10.6 Å². The molecule has 0 saturated carbocycles. The van der Waals surface area contributed by atoms with Crippen LogP contribution in [-0.2, 0) is 17.9 Å². The molecule has 28 heavy (non-hydrogen) atoms. The molecular formula is C21H28ClIN4O. The van der Waals surface area contributed by atoms with Crippen LogP contribution in [0.5, 0.6) is 0 Å². The fraction of sp³-hybridized carbons (Fsp3) is 0.333. The summed E-state index contributed by atoms with van der Waals surface area (Å²) >= 11 is 6.20. The lowest BCUT2D eigenvalue weighted by Crippen LogP contribution is -2.36. The van der Waals surface area contributed by atoms with Gasteiger partial charge in [0.1, 0.15) is 0 Å². The SMILES string of the molecule is CCNC(=NCc1ccc(NC(=O)C(C)C)cc1)NCc1ccccc1Cl.I. The van der Waals surface area contributed by atoms with Crippen molar-refractivity contribution in [2.24, 2.45) is 10.9 Å². The Kier molecular flexibility index (Phi) is 10.9. The molecular weight excluding hydrogens is 487 g/mol. The molecule has 0 aliphatic heterocycles. The van der Waals surface area contributed by atoms with Gasteiger partial charge in [0.05, 0.1) is 6.54 Å². The number of carbonyl (C=O) groups is 1. The van der Waals surface area contributed by atoms with E-state index in [1.54, 1.807) is 0 Å². The summed E-state index contributed by atoms with van der Waals surface area (Å²) in [6.07, 6.45) is 0. The Morgan fingerprint density at radius 1 is 1.07 bits per heavy atom. The Morgan fingerprint density at radius 2 is 1.75 bits per heavy atom. The van der Waals surface area contributed by atoms with Gasteiger partial charge in [0, 0.05) is 29.7 Å². The fourth-order valence-corrected chi connectivity index (χ4v) is 2.52. The number of amides is 1. The van der Waals surface area contributed by atoms with Crippen molar-refractivity contribution in [1.29, 1.82) is 0 Å². The van der Waals surface area contributed by atoms with Crippen LogP contribution in [0.15, 0.2) is 53.5 Å². The quantitative estimate of drug-likeness (QED) is 0.282. The second-order valence-corrected chi connectivity index (χ2v) is 6.89. The summed E-state index contributed by atoms with van der Waals surface area (Å²) in [5.41, 5.74) is 2.88. The largest absolute Gasteiger partial charge is 0.357 e. The summed E-state index contributed by atoms with van der Waals surface area (Å²) in [4.78, 5) is 16.3. The number of hydrogen-bond donors (Lipinski definition) is 3. The van der Waals surface area contributed by atoms with E-state index in [4.69, 9.17) is 11.6 Å². The van der Waals surface area contributed by atoms with Crippen molar-refractivity contribution >= 4 is 53.1 Å². The number of halogens is 2. The van der Waals surface area contributed by atoms with E-state index < -0.39 is 0 Å². The van der Waals surface area contributed by atoms with Gasteiger partial charge in [0.2, 0.25) is 5.91 Å². The standard InChI is InChI=1S/C21H27ClN4O.HI/c1-4-23-21(25-14-17-7-5-6-8-19(17)22)24-13-16-9-11-18(12-10-16)26-20(27)15(2)3;/h5-12,15H,4,13-14H2,1-3H3,(H,26,27)(H2,23,24,25);1H. The minimum absolute atomic E-state index is 0. The van der Waals surface area contributed by atoms with Crippen LogP contribution in [-0.4, -0.2) is 18.4 Å². The lowest BCUT2D eigenvalue weighted by molar-refractivity contribution is -0.118. The average molecular weight is 515 g/mol. The van der Waals surface area contributed by atoms with E-state index >= 15 is 0 Å². The molecule has 0 bridgehead atoms. The van der Waals surface area contributed by atoms with Crippen LogP contribution < -0.4 is 16.0 Å². The zero-order chi connectivity index (χ0) is 19.6. The van der Waals surface area contributed by atoms with Gasteiger partial charge in [0.15, 0.2) is 5.96 Å². The van der Waals surface area contributed by atoms with Crippen LogP contribution in [0, 0.1) is 5.92 Å². The Labute approximate surface area is 189 Å². The van der Waals surface area contributed by atoms with Gasteiger partial charge >= 0.3 is 0 Å². The van der Waals surface area contributed by atoms with Gasteiger partial charge in [-0.15, -0.1) is 24.0 Å². The van der Waals surface area contributed by atoms with Gasteiger partial charge in [-0.05, 0) is 36.2 Å². The molecule has 0 aliphatic rings. The third-order valence-corrected chi connectivity index (χ3v) is 4.28. The van der Waals surface area contributed by atoms with E-state index in [9.17, 15) is 4.79 Å². The maximum atomic E-state index is 11.7. The lowest BCUT2D eigenvalue weighted by Gasteiger charge is -2.12. The molecule has 7 heteroatoms. The number of guanidine groups is 1. The first-order valence-electron chi connectivity index (χ1n) is 9.15. The summed E-state index contributed by atoms with van der Waals surface area (Å²) < 4.78 is 0. The topological polar surface area (TPSA) is 65.5 Å². The second-order valence-electron chi connectivity index (χ2n) is 6.48. The van der Waals surface area contributed by atoms with Gasteiger partial charge in [-0.25, -0.2) is 4.99 Å². The highest BCUT2D eigenvalue weighted by Crippen LogP contribution is 2.14. The van der Waals surface area contributed by atoms with E-state index in [0.29, 0.717) is 13.1 Å². The molecule has 0 aromatic heterocycles. The minimum Gasteiger partial charge on any atom is -0.357 e. The van der Waals surface area contributed by atoms with E-state index in [2.05, 4.69) is 20.9 Å². The Bertz CT molecular complexity index is 778. The van der Waals surface area contributed by atoms with Gasteiger partial charge < -0.3 is 16.0 Å². The summed E-state index contributed by atoms with van der Waals surface area (Å²) in [5, 5.41) is 10.1. The summed E-state index contributed by atoms with van der Waals surface area (Å²) in [7, 11) is 0. The number of nitrogens with one attached hydrogen (secondary N) is 3. The third kappa shape index (κ3) is 8.06. The number of rotatable bonds is 7. The molecule has 0 atom stereocenters. The molecule has 0 heterocycles. The molecule has 1 amide bonds. The fourth-order valence-electron chi connectivity index (χ4n) is 2.31. The van der Waals surface area contributed by atoms with E-state index in [1.807, 2.05) is 69.3 Å². The van der Waals surface area contributed by atoms with Crippen molar-refractivity contribution in [2.75, 3.05) is 11.9 Å². The third-order valence-electron chi connectivity index (χ3n) is 3.91. The predicted molar refractivity (Wildman–Crippen MR) is 128 cm³/mol. The molecule has 152 valence electrons. The van der Waals surface area contributed by atoms with Crippen molar-refractivity contribution in [3.63, 3.8) is 0 Å². The molecule has 0 aliphatic carbocycles. The Hall–Kier alpha value is -1.80. The summed E-state index contributed by atoms with van der Waals surface area (Å²) in [6, 6.07) is 15.5.